The summed E-state index contributed by atoms with van der Waals surface area (Å²) in [5.74, 6) is 1.59. The van der Waals surface area contributed by atoms with Crippen molar-refractivity contribution in [1.82, 2.24) is 50.1 Å². The SMILES string of the molecule is Cc1ncsc1-c1ccc([C@H](C)NC(=O)[C@@H]2C[C@@H](O)CN2C(=O)[C@@H](c2cc(N3CCC(CN4CCC(O[C@H]5C[C@H](N6CCC(C(C)n7cc(-c8cc(-c9ccccc9O)nnc8N)cn7)CC6)C5)CC4)CC3)no2)C(C)C)cc1. The number of carbonyl (C=O) groups is 2. The third-order valence-electron chi connectivity index (χ3n) is 17.9. The zero-order valence-corrected chi connectivity index (χ0v) is 47.2. The lowest BCUT2D eigenvalue weighted by Crippen LogP contribution is -2.52. The van der Waals surface area contributed by atoms with Crippen LogP contribution < -0.4 is 16.0 Å². The topological polar surface area (TPSA) is 217 Å². The summed E-state index contributed by atoms with van der Waals surface area (Å²) in [6.07, 6.45) is 12.8. The molecule has 8 heterocycles. The van der Waals surface area contributed by atoms with Crippen LogP contribution in [0.2, 0.25) is 0 Å². The lowest BCUT2D eigenvalue weighted by atomic mass is 9.83. The van der Waals surface area contributed by atoms with E-state index in [1.807, 2.05) is 87.9 Å². The number of anilines is 2. The molecule has 4 saturated heterocycles. The summed E-state index contributed by atoms with van der Waals surface area (Å²) in [7, 11) is 0. The zero-order chi connectivity index (χ0) is 54.9. The number of nitrogen functional groups attached to an aromatic ring is 1. The van der Waals surface area contributed by atoms with E-state index in [0.717, 1.165) is 136 Å². The Labute approximate surface area is 467 Å². The Morgan fingerprint density at radius 1 is 0.873 bits per heavy atom. The number of β-amino-alcohol motifs (C(OH)–C–C–N with tert-alkyl or cyclic N) is 1. The quantitative estimate of drug-likeness (QED) is 0.0673. The third-order valence-corrected chi connectivity index (χ3v) is 18.9. The number of aliphatic hydroxyl groups excluding tert-OH is 1. The van der Waals surface area contributed by atoms with Crippen LogP contribution in [-0.2, 0) is 14.3 Å². The second-order valence-corrected chi connectivity index (χ2v) is 24.4. The largest absolute Gasteiger partial charge is 0.507 e. The summed E-state index contributed by atoms with van der Waals surface area (Å²) < 4.78 is 14.7. The number of ether oxygens (including phenoxy) is 1. The Bertz CT molecular complexity index is 3020. The lowest BCUT2D eigenvalue weighted by Gasteiger charge is -2.47. The molecule has 5 fully saturated rings. The zero-order valence-electron chi connectivity index (χ0n) is 46.4. The van der Waals surface area contributed by atoms with Gasteiger partial charge in [-0.05, 0) is 132 Å². The number of para-hydroxylation sites is 1. The Hall–Kier alpha value is -6.25. The Morgan fingerprint density at radius 3 is 2.33 bits per heavy atom. The predicted octanol–water partition coefficient (Wildman–Crippen LogP) is 8.50. The summed E-state index contributed by atoms with van der Waals surface area (Å²) in [5, 5.41) is 42.0. The fraction of sp³-hybridized carbons (Fsp3) is 0.550. The van der Waals surface area contributed by atoms with Crippen molar-refractivity contribution in [2.75, 3.05) is 63.0 Å². The number of piperidine rings is 3. The number of aromatic nitrogens is 6. The van der Waals surface area contributed by atoms with Gasteiger partial charge in [0.2, 0.25) is 11.8 Å². The number of likely N-dealkylation sites (tertiary alicyclic amines) is 3. The fourth-order valence-electron chi connectivity index (χ4n) is 13.0. The van der Waals surface area contributed by atoms with Gasteiger partial charge in [0.15, 0.2) is 17.4 Å². The van der Waals surface area contributed by atoms with E-state index in [4.69, 9.17) is 20.1 Å². The number of amides is 2. The van der Waals surface area contributed by atoms with Crippen LogP contribution in [0.3, 0.4) is 0 Å². The van der Waals surface area contributed by atoms with Gasteiger partial charge in [-0.1, -0.05) is 55.4 Å². The number of nitrogens with zero attached hydrogens (tertiary/aromatic N) is 10. The molecule has 1 saturated carbocycles. The molecule has 79 heavy (non-hydrogen) atoms. The van der Waals surface area contributed by atoms with Crippen molar-refractivity contribution in [3.63, 3.8) is 0 Å². The van der Waals surface area contributed by atoms with Gasteiger partial charge in [-0.3, -0.25) is 14.3 Å². The number of aromatic hydroxyl groups is 1. The van der Waals surface area contributed by atoms with Gasteiger partial charge in [0.25, 0.3) is 0 Å². The van der Waals surface area contributed by atoms with E-state index in [1.54, 1.807) is 28.4 Å². The van der Waals surface area contributed by atoms with Gasteiger partial charge in [0.05, 0.1) is 58.4 Å². The van der Waals surface area contributed by atoms with Gasteiger partial charge < -0.3 is 50.1 Å². The van der Waals surface area contributed by atoms with Crippen LogP contribution in [0.25, 0.3) is 32.8 Å². The number of phenolic OH excluding ortho intramolecular Hbond substituents is 1. The molecule has 4 aromatic heterocycles. The monoisotopic (exact) mass is 1090 g/mol. The molecule has 2 aromatic carbocycles. The molecule has 1 unspecified atom stereocenters. The van der Waals surface area contributed by atoms with Gasteiger partial charge >= 0.3 is 0 Å². The molecule has 5 atom stereocenters. The van der Waals surface area contributed by atoms with E-state index >= 15 is 0 Å². The Kier molecular flexibility index (Phi) is 16.5. The van der Waals surface area contributed by atoms with E-state index in [2.05, 4.69) is 58.2 Å². The number of phenols is 1. The molecule has 0 bridgehead atoms. The number of hydrogen-bond donors (Lipinski definition) is 4. The van der Waals surface area contributed by atoms with Crippen molar-refractivity contribution in [2.24, 2.45) is 17.8 Å². The number of hydrogen-bond acceptors (Lipinski definition) is 16. The third kappa shape index (κ3) is 12.1. The van der Waals surface area contributed by atoms with Gasteiger partial charge in [0, 0.05) is 80.7 Å². The number of benzene rings is 2. The molecule has 0 spiro atoms. The molecule has 0 radical (unpaired) electrons. The van der Waals surface area contributed by atoms with Crippen LogP contribution in [0.4, 0.5) is 11.6 Å². The van der Waals surface area contributed by atoms with Crippen LogP contribution in [0, 0.1) is 24.7 Å². The molecule has 18 nitrogen and oxygen atoms in total. The average molecular weight is 1100 g/mol. The minimum Gasteiger partial charge on any atom is -0.507 e. The number of aryl methyl sites for hydroxylation is 1. The van der Waals surface area contributed by atoms with Crippen LogP contribution in [0.1, 0.15) is 121 Å². The lowest BCUT2D eigenvalue weighted by molar-refractivity contribution is -0.141. The molecule has 19 heteroatoms. The first kappa shape index (κ1) is 54.7. The van der Waals surface area contributed by atoms with Gasteiger partial charge in [0.1, 0.15) is 17.7 Å². The van der Waals surface area contributed by atoms with Crippen molar-refractivity contribution < 1.29 is 29.1 Å². The van der Waals surface area contributed by atoms with Gasteiger partial charge in [-0.2, -0.15) is 5.10 Å². The Morgan fingerprint density at radius 2 is 1.62 bits per heavy atom. The van der Waals surface area contributed by atoms with Crippen LogP contribution >= 0.6 is 11.3 Å². The van der Waals surface area contributed by atoms with Crippen LogP contribution in [0.5, 0.6) is 5.75 Å². The summed E-state index contributed by atoms with van der Waals surface area (Å²) in [5.41, 5.74) is 14.0. The number of carbonyl (C=O) groups excluding carboxylic acids is 2. The first-order valence-corrected chi connectivity index (χ1v) is 29.7. The first-order valence-electron chi connectivity index (χ1n) is 28.8. The van der Waals surface area contributed by atoms with E-state index in [0.29, 0.717) is 52.9 Å². The number of thiazole rings is 1. The predicted molar refractivity (Wildman–Crippen MR) is 305 cm³/mol. The van der Waals surface area contributed by atoms with Crippen molar-refractivity contribution in [1.29, 1.82) is 0 Å². The molecule has 4 aliphatic heterocycles. The Balaban J connectivity index is 0.586. The fourth-order valence-corrected chi connectivity index (χ4v) is 13.8. The summed E-state index contributed by atoms with van der Waals surface area (Å²) in [6.45, 7) is 17.5. The van der Waals surface area contributed by atoms with Crippen LogP contribution in [-0.4, -0.2) is 150 Å². The van der Waals surface area contributed by atoms with E-state index in [-0.39, 0.29) is 48.5 Å². The molecular formula is C60H78N12O6S. The van der Waals surface area contributed by atoms with Crippen molar-refractivity contribution in [2.45, 2.75) is 141 Å². The number of rotatable bonds is 17. The standard InChI is InChI=1S/C60H78N12O6S/c1-36(2)56(60(76)71-34-46(73)28-52(71)59(75)64-37(3)41-10-12-43(13-11-41)57-38(4)62-35-79-57)54-30-55(67-78-54)70-22-14-40(15-23-70)32-68-20-18-47(19-21-68)77-48-26-45(27-48)69-24-16-42(17-25-69)39(5)72-33-44(31-63-72)50-29-51(65-66-58(50)61)49-8-6-7-9-53(49)74/h6-13,29-31,33,35-37,39-40,42,45-48,52,56,73-74H,14-28,32,34H2,1-5H3,(H2,61,66)(H,64,75)/t37-,39?,45-,46+,48-,52-,56+/m0/s1. The van der Waals surface area contributed by atoms with E-state index in [1.165, 1.54) is 0 Å². The van der Waals surface area contributed by atoms with E-state index < -0.39 is 18.1 Å². The van der Waals surface area contributed by atoms with E-state index in [9.17, 15) is 19.8 Å². The normalized spacial score (nSPS) is 23.2. The number of aliphatic hydroxyl groups is 1. The van der Waals surface area contributed by atoms with Gasteiger partial charge in [-0.15, -0.1) is 21.5 Å². The second-order valence-electron chi connectivity index (χ2n) is 23.5. The summed E-state index contributed by atoms with van der Waals surface area (Å²) in [6, 6.07) is 18.8. The molecule has 5 aliphatic rings. The highest BCUT2D eigenvalue weighted by molar-refractivity contribution is 7.13. The molecule has 6 aromatic rings. The second kappa shape index (κ2) is 23.8. The summed E-state index contributed by atoms with van der Waals surface area (Å²) in [4.78, 5) is 42.9. The maximum Gasteiger partial charge on any atom is 0.243 e. The molecule has 1 aliphatic carbocycles. The van der Waals surface area contributed by atoms with Crippen LogP contribution in [0.15, 0.2) is 83.1 Å². The highest BCUT2D eigenvalue weighted by Gasteiger charge is 2.44. The minimum atomic E-state index is -0.797. The highest BCUT2D eigenvalue weighted by atomic mass is 32.1. The first-order chi connectivity index (χ1) is 38.2. The smallest absolute Gasteiger partial charge is 0.243 e. The molecule has 5 N–H and O–H groups in total. The number of nitrogens with two attached hydrogens (primary N) is 1. The van der Waals surface area contributed by atoms with Crippen molar-refractivity contribution >= 4 is 34.8 Å². The van der Waals surface area contributed by atoms with Gasteiger partial charge in [-0.25, -0.2) is 4.98 Å². The minimum absolute atomic E-state index is 0.0904. The molecule has 420 valence electrons. The van der Waals surface area contributed by atoms with Crippen molar-refractivity contribution in [3.05, 3.63) is 95.6 Å². The molecule has 11 rings (SSSR count). The maximum atomic E-state index is 14.4. The van der Waals surface area contributed by atoms with Crippen molar-refractivity contribution in [3.8, 4) is 38.6 Å². The summed E-state index contributed by atoms with van der Waals surface area (Å²) >= 11 is 1.60. The molecule has 2 amide bonds. The highest BCUT2D eigenvalue weighted by Crippen LogP contribution is 2.39. The number of nitrogens with one attached hydrogen (secondary N) is 1. The maximum absolute atomic E-state index is 14.4. The molecular weight excluding hydrogens is 1020 g/mol. The average Bonchev–Trinajstić information content (AvgIpc) is 4.36.